The lowest BCUT2D eigenvalue weighted by Gasteiger charge is -2.18. The van der Waals surface area contributed by atoms with Crippen molar-refractivity contribution in [3.8, 4) is 0 Å². The number of anilines is 1. The molecular formula is C20H24N4O5S2. The number of nitrogens with one attached hydrogen (secondary N) is 2. The molecule has 0 saturated carbocycles. The smallest absolute Gasteiger partial charge is 0.263 e. The van der Waals surface area contributed by atoms with E-state index in [1.54, 1.807) is 32.0 Å². The minimum absolute atomic E-state index is 0.0346. The molecule has 0 spiro atoms. The van der Waals surface area contributed by atoms with Crippen LogP contribution in [0.25, 0.3) is 0 Å². The largest absolute Gasteiger partial charge is 0.326 e. The predicted octanol–water partition coefficient (Wildman–Crippen LogP) is 1.78. The first kappa shape index (κ1) is 22.9. The fraction of sp³-hybridized carbons (Fsp3) is 0.300. The molecule has 1 aliphatic heterocycles. The average Bonchev–Trinajstić information content (AvgIpc) is 2.99. The Bertz CT molecular complexity index is 1200. The second-order valence-electron chi connectivity index (χ2n) is 6.74. The molecule has 1 amide bonds. The summed E-state index contributed by atoms with van der Waals surface area (Å²) in [5.41, 5.74) is 0.941. The Morgan fingerprint density at radius 1 is 1.06 bits per heavy atom. The first-order valence-electron chi connectivity index (χ1n) is 9.75. The highest BCUT2D eigenvalue weighted by Gasteiger charge is 2.30. The Balaban J connectivity index is 1.60. The molecule has 0 aromatic heterocycles. The van der Waals surface area contributed by atoms with Gasteiger partial charge in [0.1, 0.15) is 5.84 Å². The molecule has 11 heteroatoms. The van der Waals surface area contributed by atoms with Crippen molar-refractivity contribution in [1.29, 1.82) is 0 Å². The Hall–Kier alpha value is -2.76. The summed E-state index contributed by atoms with van der Waals surface area (Å²) in [5, 5.41) is 2.68. The highest BCUT2D eigenvalue weighted by Crippen LogP contribution is 2.22. The molecule has 0 aliphatic carbocycles. The molecule has 3 rings (SSSR count). The van der Waals surface area contributed by atoms with E-state index in [0.717, 1.165) is 0 Å². The van der Waals surface area contributed by atoms with E-state index in [-0.39, 0.29) is 34.5 Å². The standard InChI is InChI=1S/C20H24N4O5S2/c1-3-24(4-2)31(28,29)16-11-9-15(10-12-16)22-19(25)13-14-21-20-17-7-5-6-8-18(17)30(26,27)23-20/h5-12H,3-4,13-14H2,1-2H3,(H,21,23)(H,22,25). The SMILES string of the molecule is CCN(CC)S(=O)(=O)c1ccc(NC(=O)CCN=C2NS(=O)(=O)c3ccccc32)cc1. The predicted molar refractivity (Wildman–Crippen MR) is 118 cm³/mol. The molecule has 0 fully saturated rings. The molecule has 0 saturated heterocycles. The topological polar surface area (TPSA) is 125 Å². The minimum Gasteiger partial charge on any atom is -0.326 e. The van der Waals surface area contributed by atoms with Crippen LogP contribution in [0.1, 0.15) is 25.8 Å². The van der Waals surface area contributed by atoms with Crippen molar-refractivity contribution in [2.75, 3.05) is 25.0 Å². The van der Waals surface area contributed by atoms with Crippen molar-refractivity contribution in [1.82, 2.24) is 9.03 Å². The molecule has 2 N–H and O–H groups in total. The second-order valence-corrected chi connectivity index (χ2v) is 10.3. The van der Waals surface area contributed by atoms with Gasteiger partial charge in [0.2, 0.25) is 15.9 Å². The van der Waals surface area contributed by atoms with E-state index in [4.69, 9.17) is 0 Å². The van der Waals surface area contributed by atoms with E-state index in [1.165, 1.54) is 34.6 Å². The number of carbonyl (C=O) groups excluding carboxylic acids is 1. The van der Waals surface area contributed by atoms with E-state index >= 15 is 0 Å². The molecule has 1 aliphatic rings. The van der Waals surface area contributed by atoms with Gasteiger partial charge in [0.05, 0.1) is 16.3 Å². The number of carbonyl (C=O) groups is 1. The van der Waals surface area contributed by atoms with Crippen LogP contribution in [0.4, 0.5) is 5.69 Å². The average molecular weight is 465 g/mol. The molecule has 0 bridgehead atoms. The lowest BCUT2D eigenvalue weighted by atomic mass is 10.2. The molecule has 31 heavy (non-hydrogen) atoms. The van der Waals surface area contributed by atoms with Gasteiger partial charge in [0.25, 0.3) is 10.0 Å². The van der Waals surface area contributed by atoms with Crippen LogP contribution in [0.2, 0.25) is 0 Å². The van der Waals surface area contributed by atoms with Crippen LogP contribution in [-0.4, -0.2) is 52.5 Å². The fourth-order valence-electron chi connectivity index (χ4n) is 3.17. The van der Waals surface area contributed by atoms with Crippen molar-refractivity contribution in [2.45, 2.75) is 30.1 Å². The first-order chi connectivity index (χ1) is 14.7. The molecule has 1 heterocycles. The Labute approximate surface area is 182 Å². The molecule has 0 atom stereocenters. The van der Waals surface area contributed by atoms with Crippen LogP contribution in [0.3, 0.4) is 0 Å². The zero-order valence-electron chi connectivity index (χ0n) is 17.2. The summed E-state index contributed by atoms with van der Waals surface area (Å²) in [6.07, 6.45) is 0.0346. The van der Waals surface area contributed by atoms with Gasteiger partial charge < -0.3 is 5.32 Å². The number of rotatable bonds is 8. The van der Waals surface area contributed by atoms with Crippen molar-refractivity contribution in [3.63, 3.8) is 0 Å². The third kappa shape index (κ3) is 4.94. The minimum atomic E-state index is -3.61. The molecule has 166 valence electrons. The summed E-state index contributed by atoms with van der Waals surface area (Å²) in [6, 6.07) is 12.5. The monoisotopic (exact) mass is 464 g/mol. The van der Waals surface area contributed by atoms with Gasteiger partial charge in [-0.05, 0) is 36.4 Å². The fourth-order valence-corrected chi connectivity index (χ4v) is 5.88. The van der Waals surface area contributed by atoms with Crippen LogP contribution >= 0.6 is 0 Å². The molecule has 0 unspecified atom stereocenters. The Kier molecular flexibility index (Phi) is 6.77. The summed E-state index contributed by atoms with van der Waals surface area (Å²) in [5.74, 6) is -0.104. The van der Waals surface area contributed by atoms with E-state index in [1.807, 2.05) is 0 Å². The summed E-state index contributed by atoms with van der Waals surface area (Å²) < 4.78 is 52.9. The van der Waals surface area contributed by atoms with E-state index in [9.17, 15) is 21.6 Å². The van der Waals surface area contributed by atoms with Gasteiger partial charge >= 0.3 is 0 Å². The molecular weight excluding hydrogens is 440 g/mol. The van der Waals surface area contributed by atoms with Crippen molar-refractivity contribution in [2.24, 2.45) is 4.99 Å². The maximum atomic E-state index is 12.5. The third-order valence-electron chi connectivity index (χ3n) is 4.75. The van der Waals surface area contributed by atoms with Crippen LogP contribution in [0.5, 0.6) is 0 Å². The van der Waals surface area contributed by atoms with E-state index in [2.05, 4.69) is 15.0 Å². The highest BCUT2D eigenvalue weighted by molar-refractivity contribution is 7.90. The molecule has 2 aromatic rings. The van der Waals surface area contributed by atoms with Crippen LogP contribution in [-0.2, 0) is 24.8 Å². The lowest BCUT2D eigenvalue weighted by molar-refractivity contribution is -0.116. The Morgan fingerprint density at radius 2 is 1.71 bits per heavy atom. The second kappa shape index (κ2) is 9.16. The quantitative estimate of drug-likeness (QED) is 0.616. The number of hydrogen-bond donors (Lipinski definition) is 2. The number of benzene rings is 2. The van der Waals surface area contributed by atoms with E-state index < -0.39 is 20.0 Å². The molecule has 9 nitrogen and oxygen atoms in total. The van der Waals surface area contributed by atoms with E-state index in [0.29, 0.717) is 24.3 Å². The summed E-state index contributed by atoms with van der Waals surface area (Å²) in [4.78, 5) is 16.7. The number of fused-ring (bicyclic) bond motifs is 1. The zero-order chi connectivity index (χ0) is 22.6. The maximum Gasteiger partial charge on any atom is 0.263 e. The van der Waals surface area contributed by atoms with Gasteiger partial charge in [-0.2, -0.15) is 4.31 Å². The number of sulfonamides is 2. The van der Waals surface area contributed by atoms with Gasteiger partial charge in [-0.25, -0.2) is 16.8 Å². The third-order valence-corrected chi connectivity index (χ3v) is 8.21. The summed E-state index contributed by atoms with van der Waals surface area (Å²) in [6.45, 7) is 4.38. The van der Waals surface area contributed by atoms with Crippen molar-refractivity contribution in [3.05, 3.63) is 54.1 Å². The van der Waals surface area contributed by atoms with Gasteiger partial charge in [-0.15, -0.1) is 0 Å². The van der Waals surface area contributed by atoms with Gasteiger partial charge in [0, 0.05) is 30.8 Å². The summed E-state index contributed by atoms with van der Waals surface area (Å²) in [7, 11) is -7.17. The maximum absolute atomic E-state index is 12.5. The lowest BCUT2D eigenvalue weighted by Crippen LogP contribution is -2.30. The van der Waals surface area contributed by atoms with Crippen LogP contribution in [0.15, 0.2) is 63.3 Å². The van der Waals surface area contributed by atoms with Crippen LogP contribution in [0, 0.1) is 0 Å². The van der Waals surface area contributed by atoms with Gasteiger partial charge in [-0.3, -0.25) is 14.5 Å². The normalized spacial score (nSPS) is 16.2. The Morgan fingerprint density at radius 3 is 2.35 bits per heavy atom. The molecule has 2 aromatic carbocycles. The number of amides is 1. The number of nitrogens with zero attached hydrogens (tertiary/aromatic N) is 2. The first-order valence-corrected chi connectivity index (χ1v) is 12.7. The summed E-state index contributed by atoms with van der Waals surface area (Å²) >= 11 is 0. The van der Waals surface area contributed by atoms with Crippen molar-refractivity contribution >= 4 is 37.5 Å². The number of amidine groups is 1. The van der Waals surface area contributed by atoms with Crippen LogP contribution < -0.4 is 10.0 Å². The zero-order valence-corrected chi connectivity index (χ0v) is 18.8. The highest BCUT2D eigenvalue weighted by atomic mass is 32.2. The van der Waals surface area contributed by atoms with Crippen molar-refractivity contribution < 1.29 is 21.6 Å². The van der Waals surface area contributed by atoms with Gasteiger partial charge in [0.15, 0.2) is 0 Å². The number of hydrogen-bond acceptors (Lipinski definition) is 6. The molecule has 0 radical (unpaired) electrons. The number of aliphatic imine (C=N–C) groups is 1. The van der Waals surface area contributed by atoms with Gasteiger partial charge in [-0.1, -0.05) is 26.0 Å².